The molecule has 2 aromatic rings. The Balaban J connectivity index is 1.78. The van der Waals surface area contributed by atoms with Crippen LogP contribution in [-0.4, -0.2) is 33.4 Å². The number of benzene rings is 2. The van der Waals surface area contributed by atoms with Gasteiger partial charge in [0.1, 0.15) is 6.04 Å². The molecule has 1 atom stereocenters. The van der Waals surface area contributed by atoms with Crippen molar-refractivity contribution in [1.29, 1.82) is 0 Å². The van der Waals surface area contributed by atoms with E-state index in [1.54, 1.807) is 18.2 Å². The van der Waals surface area contributed by atoms with Crippen molar-refractivity contribution in [1.82, 2.24) is 5.32 Å². The van der Waals surface area contributed by atoms with Gasteiger partial charge in [0.05, 0.1) is 17.0 Å². The molecule has 1 unspecified atom stereocenters. The first-order valence-corrected chi connectivity index (χ1v) is 10.9. The van der Waals surface area contributed by atoms with Gasteiger partial charge in [0.15, 0.2) is 11.5 Å². The molecule has 1 amide bonds. The van der Waals surface area contributed by atoms with E-state index in [-0.39, 0.29) is 24.0 Å². The third-order valence-corrected chi connectivity index (χ3v) is 5.92. The number of nitrogens with one attached hydrogen (secondary N) is 1. The maximum Gasteiger partial charge on any atom is 0.243 e. The third-order valence-electron chi connectivity index (χ3n) is 4.14. The number of carbonyl (C=O) groups is 1. The van der Waals surface area contributed by atoms with Crippen LogP contribution in [-0.2, 0) is 21.4 Å². The fourth-order valence-corrected chi connectivity index (χ4v) is 4.43. The smallest absolute Gasteiger partial charge is 0.243 e. The molecule has 1 aliphatic rings. The minimum Gasteiger partial charge on any atom is -0.454 e. The number of anilines is 1. The average molecular weight is 445 g/mol. The van der Waals surface area contributed by atoms with E-state index in [9.17, 15) is 13.2 Å². The van der Waals surface area contributed by atoms with E-state index in [1.807, 2.05) is 0 Å². The van der Waals surface area contributed by atoms with Crippen LogP contribution in [0.2, 0.25) is 10.0 Å². The normalized spacial score (nSPS) is 13.9. The zero-order chi connectivity index (χ0) is 20.5. The van der Waals surface area contributed by atoms with Crippen LogP contribution in [0.5, 0.6) is 11.5 Å². The third kappa shape index (κ3) is 4.45. The summed E-state index contributed by atoms with van der Waals surface area (Å²) in [5, 5.41) is 3.21. The van der Waals surface area contributed by atoms with Gasteiger partial charge in [-0.05, 0) is 42.8 Å². The number of sulfonamides is 1. The first-order chi connectivity index (χ1) is 13.2. The van der Waals surface area contributed by atoms with Crippen molar-refractivity contribution < 1.29 is 22.7 Å². The Labute approximate surface area is 173 Å². The highest BCUT2D eigenvalue weighted by Gasteiger charge is 2.30. The summed E-state index contributed by atoms with van der Waals surface area (Å²) in [5.74, 6) is 0.754. The molecule has 1 N–H and O–H groups in total. The average Bonchev–Trinajstić information content (AvgIpc) is 3.09. The topological polar surface area (TPSA) is 84.9 Å². The lowest BCUT2D eigenvalue weighted by Crippen LogP contribution is -2.47. The summed E-state index contributed by atoms with van der Waals surface area (Å²) in [6.07, 6.45) is 1.01. The molecule has 0 spiro atoms. The van der Waals surface area contributed by atoms with Crippen molar-refractivity contribution in [3.8, 4) is 11.5 Å². The Morgan fingerprint density at radius 1 is 1.18 bits per heavy atom. The molecule has 0 aromatic heterocycles. The summed E-state index contributed by atoms with van der Waals surface area (Å²) in [7, 11) is -3.80. The van der Waals surface area contributed by atoms with Gasteiger partial charge in [0, 0.05) is 11.6 Å². The first kappa shape index (κ1) is 20.6. The number of hydrogen-bond donors (Lipinski definition) is 1. The lowest BCUT2D eigenvalue weighted by Gasteiger charge is -2.29. The predicted molar refractivity (Wildman–Crippen MR) is 108 cm³/mol. The largest absolute Gasteiger partial charge is 0.454 e. The Bertz CT molecular complexity index is 1010. The number of ether oxygens (including phenoxy) is 2. The van der Waals surface area contributed by atoms with Crippen LogP contribution in [0.4, 0.5) is 5.69 Å². The van der Waals surface area contributed by atoms with Crippen LogP contribution in [0.15, 0.2) is 36.4 Å². The highest BCUT2D eigenvalue weighted by Crippen LogP contribution is 2.33. The standard InChI is InChI=1S/C18H18Cl2N2O5S/c1-11(22(28(2,24)25)15-8-13(19)4-5-14(15)20)18(23)21-9-12-3-6-16-17(7-12)27-10-26-16/h3-8,11H,9-10H2,1-2H3,(H,21,23). The molecule has 1 heterocycles. The van der Waals surface area contributed by atoms with Crippen molar-refractivity contribution in [3.05, 3.63) is 52.0 Å². The molecule has 7 nitrogen and oxygen atoms in total. The maximum absolute atomic E-state index is 12.7. The van der Waals surface area contributed by atoms with Gasteiger partial charge in [0.2, 0.25) is 22.7 Å². The Hall–Kier alpha value is -2.16. The Morgan fingerprint density at radius 3 is 2.61 bits per heavy atom. The highest BCUT2D eigenvalue weighted by molar-refractivity contribution is 7.92. The predicted octanol–water partition coefficient (Wildman–Crippen LogP) is 3.19. The molecule has 0 radical (unpaired) electrons. The van der Waals surface area contributed by atoms with Crippen molar-refractivity contribution in [2.24, 2.45) is 0 Å². The molecule has 0 fully saturated rings. The molecular formula is C18H18Cl2N2O5S. The summed E-state index contributed by atoms with van der Waals surface area (Å²) in [6, 6.07) is 8.69. The molecule has 1 aliphatic heterocycles. The van der Waals surface area contributed by atoms with Gasteiger partial charge in [-0.1, -0.05) is 29.3 Å². The molecule has 2 aromatic carbocycles. The highest BCUT2D eigenvalue weighted by atomic mass is 35.5. The van der Waals surface area contributed by atoms with E-state index in [1.165, 1.54) is 25.1 Å². The molecule has 3 rings (SSSR count). The summed E-state index contributed by atoms with van der Waals surface area (Å²) in [5.41, 5.74) is 0.930. The lowest BCUT2D eigenvalue weighted by molar-refractivity contribution is -0.122. The SMILES string of the molecule is CC(C(=O)NCc1ccc2c(c1)OCO2)N(c1cc(Cl)ccc1Cl)S(C)(=O)=O. The van der Waals surface area contributed by atoms with E-state index in [0.29, 0.717) is 16.5 Å². The van der Waals surface area contributed by atoms with E-state index in [0.717, 1.165) is 16.1 Å². The number of rotatable bonds is 6. The van der Waals surface area contributed by atoms with E-state index in [2.05, 4.69) is 5.32 Å². The molecule has 150 valence electrons. The number of amides is 1. The van der Waals surface area contributed by atoms with Crippen molar-refractivity contribution in [2.75, 3.05) is 17.4 Å². The molecule has 0 saturated carbocycles. The second-order valence-electron chi connectivity index (χ2n) is 6.24. The minimum atomic E-state index is -3.80. The Morgan fingerprint density at radius 2 is 1.89 bits per heavy atom. The summed E-state index contributed by atoms with van der Waals surface area (Å²) in [4.78, 5) is 12.7. The van der Waals surface area contributed by atoms with Gasteiger partial charge in [-0.2, -0.15) is 0 Å². The molecule has 0 aliphatic carbocycles. The van der Waals surface area contributed by atoms with Gasteiger partial charge in [-0.15, -0.1) is 0 Å². The molecular weight excluding hydrogens is 427 g/mol. The van der Waals surface area contributed by atoms with Crippen LogP contribution in [0.3, 0.4) is 0 Å². The van der Waals surface area contributed by atoms with Crippen LogP contribution in [0.1, 0.15) is 12.5 Å². The van der Waals surface area contributed by atoms with Crippen molar-refractivity contribution >= 4 is 44.8 Å². The molecule has 0 bridgehead atoms. The first-order valence-electron chi connectivity index (χ1n) is 8.27. The lowest BCUT2D eigenvalue weighted by atomic mass is 10.2. The van der Waals surface area contributed by atoms with Crippen LogP contribution >= 0.6 is 23.2 Å². The fourth-order valence-electron chi connectivity index (χ4n) is 2.82. The number of fused-ring (bicyclic) bond motifs is 1. The van der Waals surface area contributed by atoms with E-state index in [4.69, 9.17) is 32.7 Å². The van der Waals surface area contributed by atoms with Crippen LogP contribution in [0.25, 0.3) is 0 Å². The molecule has 28 heavy (non-hydrogen) atoms. The summed E-state index contributed by atoms with van der Waals surface area (Å²) >= 11 is 12.1. The van der Waals surface area contributed by atoms with Gasteiger partial charge < -0.3 is 14.8 Å². The maximum atomic E-state index is 12.7. The number of hydrogen-bond acceptors (Lipinski definition) is 5. The van der Waals surface area contributed by atoms with Gasteiger partial charge >= 0.3 is 0 Å². The van der Waals surface area contributed by atoms with Gasteiger partial charge in [-0.25, -0.2) is 8.42 Å². The van der Waals surface area contributed by atoms with Crippen molar-refractivity contribution in [2.45, 2.75) is 19.5 Å². The van der Waals surface area contributed by atoms with Crippen LogP contribution < -0.4 is 19.1 Å². The van der Waals surface area contributed by atoms with E-state index < -0.39 is 22.0 Å². The zero-order valence-electron chi connectivity index (χ0n) is 15.1. The fraction of sp³-hybridized carbons (Fsp3) is 0.278. The summed E-state index contributed by atoms with van der Waals surface area (Å²) < 4.78 is 36.2. The second kappa shape index (κ2) is 8.06. The zero-order valence-corrected chi connectivity index (χ0v) is 17.4. The van der Waals surface area contributed by atoms with Gasteiger partial charge in [-0.3, -0.25) is 9.10 Å². The number of halogens is 2. The van der Waals surface area contributed by atoms with E-state index >= 15 is 0 Å². The monoisotopic (exact) mass is 444 g/mol. The number of carbonyl (C=O) groups excluding carboxylic acids is 1. The second-order valence-corrected chi connectivity index (χ2v) is 8.94. The molecule has 0 saturated heterocycles. The quantitative estimate of drug-likeness (QED) is 0.739. The van der Waals surface area contributed by atoms with Crippen molar-refractivity contribution in [3.63, 3.8) is 0 Å². The summed E-state index contributed by atoms with van der Waals surface area (Å²) in [6.45, 7) is 1.83. The number of nitrogens with zero attached hydrogens (tertiary/aromatic N) is 1. The molecule has 10 heteroatoms. The van der Waals surface area contributed by atoms with Crippen LogP contribution in [0, 0.1) is 0 Å². The van der Waals surface area contributed by atoms with Gasteiger partial charge in [0.25, 0.3) is 0 Å². The minimum absolute atomic E-state index is 0.141. The Kier molecular flexibility index (Phi) is 5.92.